The van der Waals surface area contributed by atoms with Crippen molar-refractivity contribution in [2.75, 3.05) is 33.8 Å². The second-order valence-electron chi connectivity index (χ2n) is 8.05. The Bertz CT molecular complexity index is 1020. The highest BCUT2D eigenvalue weighted by molar-refractivity contribution is 6.46. The lowest BCUT2D eigenvalue weighted by molar-refractivity contribution is -0.140. The van der Waals surface area contributed by atoms with Crippen molar-refractivity contribution >= 4 is 17.4 Å². The zero-order valence-corrected chi connectivity index (χ0v) is 18.7. The number of likely N-dealkylation sites (tertiary alicyclic amines) is 1. The quantitative estimate of drug-likeness (QED) is 0.276. The van der Waals surface area contributed by atoms with Crippen LogP contribution in [-0.4, -0.2) is 60.4 Å². The lowest BCUT2D eigenvalue weighted by Gasteiger charge is -2.26. The number of benzene rings is 2. The zero-order valence-electron chi connectivity index (χ0n) is 18.7. The SMILES string of the molecule is CCCCOc1cccc(/C(O)=C2\C(=O)C(=O)N(CCN(C)C)C2c2ccccc2F)c1. The predicted molar refractivity (Wildman–Crippen MR) is 121 cm³/mol. The van der Waals surface area contributed by atoms with Gasteiger partial charge in [-0.15, -0.1) is 0 Å². The predicted octanol–water partition coefficient (Wildman–Crippen LogP) is 3.99. The third-order valence-corrected chi connectivity index (χ3v) is 5.40. The standard InChI is InChI=1S/C25H29FN2O4/c1-4-5-15-32-18-10-8-9-17(16-18)23(29)21-22(19-11-6-7-12-20(19)26)28(14-13-27(2)3)25(31)24(21)30/h6-12,16,22,29H,4-5,13-15H2,1-3H3/b23-21+. The summed E-state index contributed by atoms with van der Waals surface area (Å²) >= 11 is 0. The van der Waals surface area contributed by atoms with E-state index in [0.717, 1.165) is 12.8 Å². The summed E-state index contributed by atoms with van der Waals surface area (Å²) in [5.74, 6) is -1.92. The van der Waals surface area contributed by atoms with E-state index in [4.69, 9.17) is 4.74 Å². The Balaban J connectivity index is 2.08. The summed E-state index contributed by atoms with van der Waals surface area (Å²) in [6.45, 7) is 3.29. The van der Waals surface area contributed by atoms with Gasteiger partial charge in [-0.25, -0.2) is 4.39 Å². The number of aliphatic hydroxyl groups excluding tert-OH is 1. The van der Waals surface area contributed by atoms with Gasteiger partial charge in [0.05, 0.1) is 18.2 Å². The van der Waals surface area contributed by atoms with Crippen LogP contribution < -0.4 is 4.74 Å². The fourth-order valence-electron chi connectivity index (χ4n) is 3.66. The molecule has 0 aliphatic carbocycles. The molecule has 2 aromatic rings. The van der Waals surface area contributed by atoms with Crippen LogP contribution in [-0.2, 0) is 9.59 Å². The molecule has 0 radical (unpaired) electrons. The molecule has 1 fully saturated rings. The minimum absolute atomic E-state index is 0.121. The number of amides is 1. The van der Waals surface area contributed by atoms with Crippen LogP contribution in [0.3, 0.4) is 0 Å². The molecule has 1 aliphatic rings. The summed E-state index contributed by atoms with van der Waals surface area (Å²) in [5, 5.41) is 11.1. The number of rotatable bonds is 9. The van der Waals surface area contributed by atoms with Crippen molar-refractivity contribution in [3.8, 4) is 5.75 Å². The van der Waals surface area contributed by atoms with E-state index in [9.17, 15) is 19.1 Å². The first-order valence-electron chi connectivity index (χ1n) is 10.8. The third kappa shape index (κ3) is 4.99. The highest BCUT2D eigenvalue weighted by Gasteiger charge is 2.46. The topological polar surface area (TPSA) is 70.1 Å². The Morgan fingerprint density at radius 2 is 1.91 bits per heavy atom. The average Bonchev–Trinajstić information content (AvgIpc) is 3.02. The molecule has 7 heteroatoms. The molecule has 0 saturated carbocycles. The molecule has 0 spiro atoms. The van der Waals surface area contributed by atoms with Crippen LogP contribution >= 0.6 is 0 Å². The average molecular weight is 441 g/mol. The molecular formula is C25H29FN2O4. The Kier molecular flexibility index (Phi) is 7.64. The first kappa shape index (κ1) is 23.5. The van der Waals surface area contributed by atoms with Crippen LogP contribution in [0.25, 0.3) is 5.76 Å². The van der Waals surface area contributed by atoms with Crippen molar-refractivity contribution in [2.45, 2.75) is 25.8 Å². The number of aliphatic hydroxyl groups is 1. The summed E-state index contributed by atoms with van der Waals surface area (Å²) in [7, 11) is 3.69. The van der Waals surface area contributed by atoms with Crippen LogP contribution in [0.15, 0.2) is 54.1 Å². The van der Waals surface area contributed by atoms with E-state index >= 15 is 0 Å². The molecule has 1 atom stereocenters. The number of ether oxygens (including phenoxy) is 1. The van der Waals surface area contributed by atoms with Crippen molar-refractivity contribution in [3.05, 3.63) is 71.0 Å². The summed E-state index contributed by atoms with van der Waals surface area (Å²) in [6.07, 6.45) is 1.87. The fraction of sp³-hybridized carbons (Fsp3) is 0.360. The molecule has 1 saturated heterocycles. The molecule has 1 unspecified atom stereocenters. The second-order valence-corrected chi connectivity index (χ2v) is 8.05. The maximum Gasteiger partial charge on any atom is 0.295 e. The van der Waals surface area contributed by atoms with Gasteiger partial charge in [0.15, 0.2) is 0 Å². The number of hydrogen-bond acceptors (Lipinski definition) is 5. The molecule has 1 heterocycles. The number of carbonyl (C=O) groups is 2. The number of unbranched alkanes of at least 4 members (excludes halogenated alkanes) is 1. The Morgan fingerprint density at radius 1 is 1.16 bits per heavy atom. The van der Waals surface area contributed by atoms with Crippen molar-refractivity contribution in [2.24, 2.45) is 0 Å². The van der Waals surface area contributed by atoms with E-state index in [2.05, 4.69) is 6.92 Å². The van der Waals surface area contributed by atoms with Gasteiger partial charge in [-0.1, -0.05) is 43.7 Å². The summed E-state index contributed by atoms with van der Waals surface area (Å²) in [5.41, 5.74) is 0.387. The van der Waals surface area contributed by atoms with Crippen LogP contribution in [0.5, 0.6) is 5.75 Å². The van der Waals surface area contributed by atoms with Crippen molar-refractivity contribution < 1.29 is 23.8 Å². The number of ketones is 1. The molecule has 0 bridgehead atoms. The highest BCUT2D eigenvalue weighted by Crippen LogP contribution is 2.40. The van der Waals surface area contributed by atoms with Gasteiger partial charge < -0.3 is 19.6 Å². The molecule has 1 N–H and O–H groups in total. The maximum atomic E-state index is 14.8. The lowest BCUT2D eigenvalue weighted by Crippen LogP contribution is -2.35. The molecule has 1 aliphatic heterocycles. The summed E-state index contributed by atoms with van der Waals surface area (Å²) in [6, 6.07) is 11.7. The first-order valence-corrected chi connectivity index (χ1v) is 10.8. The molecule has 6 nitrogen and oxygen atoms in total. The molecular weight excluding hydrogens is 411 g/mol. The van der Waals surface area contributed by atoms with E-state index in [1.165, 1.54) is 17.0 Å². The summed E-state index contributed by atoms with van der Waals surface area (Å²) < 4.78 is 20.5. The Labute approximate surface area is 187 Å². The van der Waals surface area contributed by atoms with Crippen LogP contribution in [0, 0.1) is 5.82 Å². The van der Waals surface area contributed by atoms with Gasteiger partial charge in [-0.05, 0) is 38.7 Å². The molecule has 1 amide bonds. The van der Waals surface area contributed by atoms with Gasteiger partial charge >= 0.3 is 0 Å². The van der Waals surface area contributed by atoms with E-state index in [-0.39, 0.29) is 23.4 Å². The highest BCUT2D eigenvalue weighted by atomic mass is 19.1. The second kappa shape index (κ2) is 10.4. The van der Waals surface area contributed by atoms with Gasteiger partial charge in [0.25, 0.3) is 11.7 Å². The van der Waals surface area contributed by atoms with Gasteiger partial charge in [0.1, 0.15) is 17.3 Å². The van der Waals surface area contributed by atoms with Crippen LogP contribution in [0.2, 0.25) is 0 Å². The normalized spacial score (nSPS) is 17.9. The monoisotopic (exact) mass is 440 g/mol. The number of nitrogens with zero attached hydrogens (tertiary/aromatic N) is 2. The number of Topliss-reactive ketones (excluding diaryl/α,β-unsaturated/α-hetero) is 1. The first-order chi connectivity index (χ1) is 15.3. The van der Waals surface area contributed by atoms with Gasteiger partial charge in [0.2, 0.25) is 0 Å². The van der Waals surface area contributed by atoms with Crippen LogP contribution in [0.4, 0.5) is 4.39 Å². The molecule has 170 valence electrons. The molecule has 3 rings (SSSR count). The molecule has 2 aromatic carbocycles. The number of likely N-dealkylation sites (N-methyl/N-ethyl adjacent to an activating group) is 1. The van der Waals surface area contributed by atoms with Crippen LogP contribution in [0.1, 0.15) is 36.9 Å². The lowest BCUT2D eigenvalue weighted by atomic mass is 9.95. The summed E-state index contributed by atoms with van der Waals surface area (Å²) in [4.78, 5) is 29.1. The number of carbonyl (C=O) groups excluding carboxylic acids is 2. The minimum Gasteiger partial charge on any atom is -0.507 e. The minimum atomic E-state index is -1.01. The van der Waals surface area contributed by atoms with Gasteiger partial charge in [0, 0.05) is 24.2 Å². The van der Waals surface area contributed by atoms with Crippen molar-refractivity contribution in [1.82, 2.24) is 9.80 Å². The number of hydrogen-bond donors (Lipinski definition) is 1. The third-order valence-electron chi connectivity index (χ3n) is 5.40. The smallest absolute Gasteiger partial charge is 0.295 e. The zero-order chi connectivity index (χ0) is 23.3. The van der Waals surface area contributed by atoms with E-state index in [1.807, 2.05) is 19.0 Å². The van der Waals surface area contributed by atoms with Gasteiger partial charge in [-0.3, -0.25) is 9.59 Å². The van der Waals surface area contributed by atoms with E-state index < -0.39 is 23.5 Å². The Morgan fingerprint density at radius 3 is 2.59 bits per heavy atom. The van der Waals surface area contributed by atoms with Crippen molar-refractivity contribution in [3.63, 3.8) is 0 Å². The Hall–Kier alpha value is -3.19. The van der Waals surface area contributed by atoms with Gasteiger partial charge in [-0.2, -0.15) is 0 Å². The maximum absolute atomic E-state index is 14.8. The van der Waals surface area contributed by atoms with E-state index in [1.54, 1.807) is 36.4 Å². The van der Waals surface area contributed by atoms with Crippen molar-refractivity contribution in [1.29, 1.82) is 0 Å². The number of halogens is 1. The fourth-order valence-corrected chi connectivity index (χ4v) is 3.66. The van der Waals surface area contributed by atoms with E-state index in [0.29, 0.717) is 24.5 Å². The largest absolute Gasteiger partial charge is 0.507 e. The molecule has 0 aromatic heterocycles. The molecule has 32 heavy (non-hydrogen) atoms.